The van der Waals surface area contributed by atoms with Crippen molar-refractivity contribution in [2.75, 3.05) is 13.1 Å². The molecule has 0 aromatic heterocycles. The molecule has 0 aliphatic carbocycles. The third kappa shape index (κ3) is 7.59. The van der Waals surface area contributed by atoms with Crippen molar-refractivity contribution in [3.05, 3.63) is 106 Å². The molecule has 3 aromatic rings. The number of urea groups is 1. The maximum atomic E-state index is 13.8. The number of ether oxygens (including phenoxy) is 1. The van der Waals surface area contributed by atoms with Gasteiger partial charge < -0.3 is 15.0 Å². The smallest absolute Gasteiger partial charge is 0.416 e. The van der Waals surface area contributed by atoms with Gasteiger partial charge >= 0.3 is 24.4 Å². The van der Waals surface area contributed by atoms with E-state index in [0.29, 0.717) is 28.8 Å². The normalized spacial score (nSPS) is 17.6. The number of aryl methyl sites for hydroxylation is 1. The number of amides is 2. The molecule has 0 bridgehead atoms. The maximum Gasteiger partial charge on any atom is 0.416 e. The lowest BCUT2D eigenvalue weighted by molar-refractivity contribution is -0.143. The fraction of sp³-hybridized carbons (Fsp3) is 0.333. The van der Waals surface area contributed by atoms with Gasteiger partial charge in [0.15, 0.2) is 0 Å². The highest BCUT2D eigenvalue weighted by Crippen LogP contribution is 2.37. The Morgan fingerprint density at radius 2 is 1.57 bits per heavy atom. The number of piperidine rings is 1. The summed E-state index contributed by atoms with van der Waals surface area (Å²) < 4.78 is 98.7. The van der Waals surface area contributed by atoms with Gasteiger partial charge in [-0.2, -0.15) is 26.3 Å². The molecular weight excluding hydrogens is 569 g/mol. The zero-order chi connectivity index (χ0) is 30.7. The summed E-state index contributed by atoms with van der Waals surface area (Å²) in [5.41, 5.74) is -1.59. The molecule has 0 saturated carbocycles. The summed E-state index contributed by atoms with van der Waals surface area (Å²) in [6.45, 7) is 1.55. The Hall–Kier alpha value is -4.09. The van der Waals surface area contributed by atoms with Crippen LogP contribution >= 0.6 is 0 Å². The predicted octanol–water partition coefficient (Wildman–Crippen LogP) is 7.49. The fourth-order valence-electron chi connectivity index (χ4n) is 4.96. The number of likely N-dealkylation sites (tertiary alicyclic amines) is 1. The third-order valence-electron chi connectivity index (χ3n) is 7.03. The van der Waals surface area contributed by atoms with E-state index in [2.05, 4.69) is 5.32 Å². The molecule has 2 atom stereocenters. The molecule has 1 aliphatic rings. The Morgan fingerprint density at radius 1 is 0.929 bits per heavy atom. The highest BCUT2D eigenvalue weighted by Gasteiger charge is 2.37. The molecule has 1 saturated heterocycles. The first kappa shape index (κ1) is 30.9. The summed E-state index contributed by atoms with van der Waals surface area (Å²) in [5.74, 6) is -1.01. The molecule has 224 valence electrons. The van der Waals surface area contributed by atoms with Gasteiger partial charge in [0.2, 0.25) is 0 Å². The van der Waals surface area contributed by atoms with Crippen LogP contribution in [0.25, 0.3) is 0 Å². The molecule has 12 heteroatoms. The first-order valence-corrected chi connectivity index (χ1v) is 13.1. The number of nitrogens with zero attached hydrogens (tertiary/aromatic N) is 1. The molecule has 0 radical (unpaired) electrons. The number of hydrogen-bond acceptors (Lipinski definition) is 3. The zero-order valence-corrected chi connectivity index (χ0v) is 22.4. The first-order chi connectivity index (χ1) is 19.7. The molecule has 1 aliphatic heterocycles. The molecular formula is C30H27F7N2O3. The number of carbonyl (C=O) groups excluding carboxylic acids is 2. The van der Waals surface area contributed by atoms with E-state index < -0.39 is 53.4 Å². The second kappa shape index (κ2) is 12.4. The van der Waals surface area contributed by atoms with Gasteiger partial charge in [-0.15, -0.1) is 0 Å². The van der Waals surface area contributed by atoms with Gasteiger partial charge in [0.25, 0.3) is 0 Å². The Morgan fingerprint density at radius 3 is 2.17 bits per heavy atom. The quantitative estimate of drug-likeness (QED) is 0.237. The first-order valence-electron chi connectivity index (χ1n) is 13.1. The van der Waals surface area contributed by atoms with E-state index in [1.54, 1.807) is 37.3 Å². The largest absolute Gasteiger partial charge is 0.459 e. The average Bonchev–Trinajstić information content (AvgIpc) is 2.92. The van der Waals surface area contributed by atoms with Crippen LogP contribution in [0.4, 0.5) is 35.5 Å². The lowest BCUT2D eigenvalue weighted by atomic mass is 9.90. The molecule has 42 heavy (non-hydrogen) atoms. The summed E-state index contributed by atoms with van der Waals surface area (Å²) >= 11 is 0. The second-order valence-electron chi connectivity index (χ2n) is 10.0. The summed E-state index contributed by atoms with van der Waals surface area (Å²) in [4.78, 5) is 27.3. The third-order valence-corrected chi connectivity index (χ3v) is 7.03. The van der Waals surface area contributed by atoms with Crippen LogP contribution in [0.5, 0.6) is 0 Å². The Kier molecular flexibility index (Phi) is 9.12. The van der Waals surface area contributed by atoms with Crippen LogP contribution in [0.2, 0.25) is 0 Å². The topological polar surface area (TPSA) is 58.6 Å². The Labute approximate surface area is 237 Å². The van der Waals surface area contributed by atoms with Gasteiger partial charge in [-0.1, -0.05) is 24.3 Å². The van der Waals surface area contributed by atoms with Gasteiger partial charge in [0.1, 0.15) is 11.9 Å². The van der Waals surface area contributed by atoms with Crippen molar-refractivity contribution in [3.8, 4) is 0 Å². The zero-order valence-electron chi connectivity index (χ0n) is 22.4. The number of carbonyl (C=O) groups is 2. The fourth-order valence-corrected chi connectivity index (χ4v) is 4.96. The molecule has 5 nitrogen and oxygen atoms in total. The van der Waals surface area contributed by atoms with Gasteiger partial charge in [-0.25, -0.2) is 14.0 Å². The monoisotopic (exact) mass is 596 g/mol. The predicted molar refractivity (Wildman–Crippen MR) is 139 cm³/mol. The van der Waals surface area contributed by atoms with Crippen molar-refractivity contribution in [1.29, 1.82) is 0 Å². The molecule has 4 rings (SSSR count). The highest BCUT2D eigenvalue weighted by atomic mass is 19.4. The van der Waals surface area contributed by atoms with Gasteiger partial charge in [-0.3, -0.25) is 0 Å². The van der Waals surface area contributed by atoms with E-state index in [0.717, 1.165) is 0 Å². The molecule has 2 unspecified atom stereocenters. The van der Waals surface area contributed by atoms with Crippen molar-refractivity contribution in [2.24, 2.45) is 0 Å². The van der Waals surface area contributed by atoms with E-state index in [1.165, 1.54) is 23.1 Å². The van der Waals surface area contributed by atoms with E-state index in [4.69, 9.17) is 4.74 Å². The van der Waals surface area contributed by atoms with Crippen LogP contribution in [0.15, 0.2) is 66.7 Å². The van der Waals surface area contributed by atoms with Crippen molar-refractivity contribution in [2.45, 2.75) is 50.7 Å². The highest BCUT2D eigenvalue weighted by molar-refractivity contribution is 5.89. The average molecular weight is 597 g/mol. The molecule has 3 aromatic carbocycles. The minimum absolute atomic E-state index is 0.0481. The van der Waals surface area contributed by atoms with Crippen LogP contribution < -0.4 is 5.32 Å². The van der Waals surface area contributed by atoms with Gasteiger partial charge in [0, 0.05) is 25.9 Å². The SMILES string of the molecule is Cc1cc(F)ccc1C1CC(OC(=O)c2ccccc2)CCN1C(=O)NCCc1cc(C(F)(F)F)cc(C(F)(F)F)c1. The Bertz CT molecular complexity index is 1390. The van der Waals surface area contributed by atoms with E-state index in [-0.39, 0.29) is 44.0 Å². The van der Waals surface area contributed by atoms with Gasteiger partial charge in [-0.05, 0) is 72.5 Å². The standard InChI is InChI=1S/C30H27F7N2O3/c1-18-13-23(31)7-8-25(18)26-17-24(42-27(40)20-5-3-2-4-6-20)10-12-39(26)28(41)38-11-9-19-14-21(29(32,33)34)16-22(15-19)30(35,36)37/h2-8,13-16,24,26H,9-12,17H2,1H3,(H,38,41). The number of halogens is 7. The number of esters is 1. The van der Waals surface area contributed by atoms with Gasteiger partial charge in [0.05, 0.1) is 22.7 Å². The molecule has 1 N–H and O–H groups in total. The van der Waals surface area contributed by atoms with Crippen molar-refractivity contribution >= 4 is 12.0 Å². The maximum absolute atomic E-state index is 13.8. The summed E-state index contributed by atoms with van der Waals surface area (Å²) in [6.07, 6.45) is -10.3. The molecule has 2 amide bonds. The van der Waals surface area contributed by atoms with Crippen molar-refractivity contribution in [3.63, 3.8) is 0 Å². The van der Waals surface area contributed by atoms with Crippen LogP contribution in [-0.2, 0) is 23.5 Å². The molecule has 0 spiro atoms. The Balaban J connectivity index is 1.49. The van der Waals surface area contributed by atoms with Crippen molar-refractivity contribution < 1.29 is 45.1 Å². The lowest BCUT2D eigenvalue weighted by Gasteiger charge is -2.40. The number of alkyl halides is 6. The van der Waals surface area contributed by atoms with E-state index in [1.807, 2.05) is 0 Å². The summed E-state index contributed by atoms with van der Waals surface area (Å²) in [5, 5.41) is 2.57. The minimum Gasteiger partial charge on any atom is -0.459 e. The van der Waals surface area contributed by atoms with Crippen LogP contribution in [-0.4, -0.2) is 36.1 Å². The van der Waals surface area contributed by atoms with E-state index >= 15 is 0 Å². The molecule has 1 fully saturated rings. The number of rotatable bonds is 6. The van der Waals surface area contributed by atoms with Crippen LogP contribution in [0.3, 0.4) is 0 Å². The van der Waals surface area contributed by atoms with Crippen molar-refractivity contribution in [1.82, 2.24) is 10.2 Å². The number of hydrogen-bond donors (Lipinski definition) is 1. The summed E-state index contributed by atoms with van der Waals surface area (Å²) in [6, 6.07) is 12.5. The number of benzene rings is 3. The summed E-state index contributed by atoms with van der Waals surface area (Å²) in [7, 11) is 0. The van der Waals surface area contributed by atoms with Crippen LogP contribution in [0.1, 0.15) is 57.1 Å². The van der Waals surface area contributed by atoms with E-state index in [9.17, 15) is 40.3 Å². The minimum atomic E-state index is -4.98. The second-order valence-corrected chi connectivity index (χ2v) is 10.0. The lowest BCUT2D eigenvalue weighted by Crippen LogP contribution is -2.48. The van der Waals surface area contributed by atoms with Crippen LogP contribution in [0, 0.1) is 12.7 Å². The molecule has 1 heterocycles. The number of nitrogens with one attached hydrogen (secondary N) is 1.